The third-order valence-electron chi connectivity index (χ3n) is 4.96. The van der Waals surface area contributed by atoms with Crippen LogP contribution in [0.15, 0.2) is 43.0 Å². The molecule has 4 atom stereocenters. The van der Waals surface area contributed by atoms with Crippen LogP contribution >= 0.6 is 0 Å². The van der Waals surface area contributed by atoms with Crippen LogP contribution in [0.2, 0.25) is 0 Å². The third kappa shape index (κ3) is 3.03. The molecule has 0 unspecified atom stereocenters. The van der Waals surface area contributed by atoms with Crippen LogP contribution in [0.25, 0.3) is 11.2 Å². The second-order valence-electron chi connectivity index (χ2n) is 6.63. The predicted octanol–water partition coefficient (Wildman–Crippen LogP) is 0.908. The largest absolute Gasteiger partial charge is 0.390 e. The Kier molecular flexibility index (Phi) is 4.54. The summed E-state index contributed by atoms with van der Waals surface area (Å²) in [5, 5.41) is 20.9. The molecule has 0 aliphatic heterocycles. The van der Waals surface area contributed by atoms with Gasteiger partial charge < -0.3 is 25.3 Å². The molecule has 136 valence electrons. The Labute approximate surface area is 150 Å². The summed E-state index contributed by atoms with van der Waals surface area (Å²) in [7, 11) is 0. The van der Waals surface area contributed by atoms with Gasteiger partial charge in [0, 0.05) is 5.92 Å². The number of ether oxygens (including phenoxy) is 1. The molecule has 0 amide bonds. The summed E-state index contributed by atoms with van der Waals surface area (Å²) < 4.78 is 7.52. The van der Waals surface area contributed by atoms with Gasteiger partial charge in [0.25, 0.3) is 0 Å². The summed E-state index contributed by atoms with van der Waals surface area (Å²) in [5.74, 6) is 0.125. The lowest BCUT2D eigenvalue weighted by atomic mass is 10.1. The lowest BCUT2D eigenvalue weighted by Crippen LogP contribution is -2.30. The molecule has 4 rings (SSSR count). The minimum absolute atomic E-state index is 0.171. The molecule has 4 N–H and O–H groups in total. The molecule has 1 fully saturated rings. The van der Waals surface area contributed by atoms with Crippen molar-refractivity contribution in [3.63, 3.8) is 0 Å². The van der Waals surface area contributed by atoms with Crippen molar-refractivity contribution in [2.24, 2.45) is 5.92 Å². The second kappa shape index (κ2) is 6.99. The molecule has 1 aliphatic rings. The van der Waals surface area contributed by atoms with Gasteiger partial charge in [0.1, 0.15) is 17.9 Å². The van der Waals surface area contributed by atoms with Crippen LogP contribution in [0.5, 0.6) is 0 Å². The van der Waals surface area contributed by atoms with Crippen molar-refractivity contribution in [2.75, 3.05) is 12.3 Å². The van der Waals surface area contributed by atoms with Gasteiger partial charge >= 0.3 is 0 Å². The first-order valence-corrected chi connectivity index (χ1v) is 8.56. The number of fused-ring (bicyclic) bond motifs is 1. The van der Waals surface area contributed by atoms with E-state index in [0.29, 0.717) is 36.6 Å². The van der Waals surface area contributed by atoms with Crippen LogP contribution in [0.1, 0.15) is 18.0 Å². The van der Waals surface area contributed by atoms with Gasteiger partial charge in [-0.15, -0.1) is 0 Å². The Morgan fingerprint density at radius 1 is 1.12 bits per heavy atom. The fourth-order valence-electron chi connectivity index (χ4n) is 3.56. The van der Waals surface area contributed by atoms with Crippen molar-refractivity contribution in [1.29, 1.82) is 0 Å². The van der Waals surface area contributed by atoms with E-state index >= 15 is 0 Å². The SMILES string of the molecule is Nc1ncnc2c1ncn2[C@H]1C[C@@H](COCc2ccccc2)[C@@H](O)[C@H]1O. The van der Waals surface area contributed by atoms with E-state index in [-0.39, 0.29) is 12.0 Å². The monoisotopic (exact) mass is 355 g/mol. The number of nitrogens with zero attached hydrogens (tertiary/aromatic N) is 4. The lowest BCUT2D eigenvalue weighted by molar-refractivity contribution is -0.0178. The van der Waals surface area contributed by atoms with Gasteiger partial charge in [-0.2, -0.15) is 0 Å². The van der Waals surface area contributed by atoms with E-state index in [2.05, 4.69) is 15.0 Å². The van der Waals surface area contributed by atoms with Crippen molar-refractivity contribution >= 4 is 17.0 Å². The summed E-state index contributed by atoms with van der Waals surface area (Å²) in [4.78, 5) is 12.4. The van der Waals surface area contributed by atoms with Crippen molar-refractivity contribution in [3.05, 3.63) is 48.5 Å². The summed E-state index contributed by atoms with van der Waals surface area (Å²) >= 11 is 0. The summed E-state index contributed by atoms with van der Waals surface area (Å²) in [6, 6.07) is 9.52. The molecule has 0 bridgehead atoms. The van der Waals surface area contributed by atoms with E-state index in [1.54, 1.807) is 10.9 Å². The second-order valence-corrected chi connectivity index (χ2v) is 6.63. The molecule has 8 nitrogen and oxygen atoms in total. The maximum atomic E-state index is 10.5. The van der Waals surface area contributed by atoms with Crippen LogP contribution < -0.4 is 5.73 Å². The highest BCUT2D eigenvalue weighted by atomic mass is 16.5. The molecule has 0 spiro atoms. The third-order valence-corrected chi connectivity index (χ3v) is 4.96. The number of imidazole rings is 1. The first kappa shape index (κ1) is 16.9. The number of hydrogen-bond donors (Lipinski definition) is 3. The Balaban J connectivity index is 1.46. The van der Waals surface area contributed by atoms with Gasteiger partial charge in [-0.1, -0.05) is 30.3 Å². The standard InChI is InChI=1S/C18H21N5O3/c19-17-14-18(21-9-20-17)23(10-22-14)13-6-12(15(24)16(13)25)8-26-7-11-4-2-1-3-5-11/h1-5,9-10,12-13,15-16,24-25H,6-8H2,(H2,19,20,21)/t12-,13-,15+,16-/m0/s1. The number of aliphatic hydroxyl groups excluding tert-OH is 2. The quantitative estimate of drug-likeness (QED) is 0.622. The van der Waals surface area contributed by atoms with E-state index < -0.39 is 12.2 Å². The fraction of sp³-hybridized carbons (Fsp3) is 0.389. The van der Waals surface area contributed by atoms with E-state index in [1.165, 1.54) is 6.33 Å². The predicted molar refractivity (Wildman–Crippen MR) is 95.0 cm³/mol. The molecule has 1 aromatic carbocycles. The lowest BCUT2D eigenvalue weighted by Gasteiger charge is -2.18. The van der Waals surface area contributed by atoms with Crippen LogP contribution in [0.3, 0.4) is 0 Å². The Bertz CT molecular complexity index is 885. The zero-order valence-electron chi connectivity index (χ0n) is 14.1. The number of anilines is 1. The molecule has 2 heterocycles. The Morgan fingerprint density at radius 3 is 2.73 bits per heavy atom. The van der Waals surface area contributed by atoms with Crippen molar-refractivity contribution in [1.82, 2.24) is 19.5 Å². The van der Waals surface area contributed by atoms with Crippen LogP contribution in [0.4, 0.5) is 5.82 Å². The highest BCUT2D eigenvalue weighted by molar-refractivity contribution is 5.81. The first-order chi connectivity index (χ1) is 12.6. The molecule has 1 saturated carbocycles. The number of rotatable bonds is 5. The topological polar surface area (TPSA) is 119 Å². The highest BCUT2D eigenvalue weighted by Gasteiger charge is 2.43. The summed E-state index contributed by atoms with van der Waals surface area (Å²) in [5.41, 5.74) is 7.95. The smallest absolute Gasteiger partial charge is 0.165 e. The average molecular weight is 355 g/mol. The van der Waals surface area contributed by atoms with Gasteiger partial charge in [0.15, 0.2) is 11.5 Å². The summed E-state index contributed by atoms with van der Waals surface area (Å²) in [6.07, 6.45) is 1.73. The molecule has 0 radical (unpaired) electrons. The zero-order chi connectivity index (χ0) is 18.1. The maximum absolute atomic E-state index is 10.5. The van der Waals surface area contributed by atoms with E-state index in [0.717, 1.165) is 5.56 Å². The summed E-state index contributed by atoms with van der Waals surface area (Å²) in [6.45, 7) is 0.843. The molecular weight excluding hydrogens is 334 g/mol. The molecule has 8 heteroatoms. The molecule has 3 aromatic rings. The van der Waals surface area contributed by atoms with Crippen LogP contribution in [0, 0.1) is 5.92 Å². The van der Waals surface area contributed by atoms with E-state index in [4.69, 9.17) is 10.5 Å². The van der Waals surface area contributed by atoms with Gasteiger partial charge in [-0.3, -0.25) is 0 Å². The number of nitrogen functional groups attached to an aromatic ring is 1. The average Bonchev–Trinajstić information content (AvgIpc) is 3.20. The first-order valence-electron chi connectivity index (χ1n) is 8.56. The normalized spacial score (nSPS) is 25.8. The van der Waals surface area contributed by atoms with Crippen molar-refractivity contribution in [2.45, 2.75) is 31.3 Å². The minimum Gasteiger partial charge on any atom is -0.390 e. The Hall–Kier alpha value is -2.55. The van der Waals surface area contributed by atoms with Crippen LogP contribution in [-0.4, -0.2) is 48.5 Å². The van der Waals surface area contributed by atoms with Crippen molar-refractivity contribution < 1.29 is 14.9 Å². The number of nitrogens with two attached hydrogens (primary N) is 1. The zero-order valence-corrected chi connectivity index (χ0v) is 14.1. The van der Waals surface area contributed by atoms with E-state index in [9.17, 15) is 10.2 Å². The van der Waals surface area contributed by atoms with Gasteiger partial charge in [-0.05, 0) is 12.0 Å². The number of benzene rings is 1. The van der Waals surface area contributed by atoms with Crippen molar-refractivity contribution in [3.8, 4) is 0 Å². The highest BCUT2D eigenvalue weighted by Crippen LogP contribution is 2.37. The molecular formula is C18H21N5O3. The van der Waals surface area contributed by atoms with Gasteiger partial charge in [0.2, 0.25) is 0 Å². The molecule has 0 saturated heterocycles. The van der Waals surface area contributed by atoms with Crippen LogP contribution in [-0.2, 0) is 11.3 Å². The Morgan fingerprint density at radius 2 is 1.92 bits per heavy atom. The van der Waals surface area contributed by atoms with Gasteiger partial charge in [-0.25, -0.2) is 15.0 Å². The number of hydrogen-bond acceptors (Lipinski definition) is 7. The molecule has 1 aliphatic carbocycles. The maximum Gasteiger partial charge on any atom is 0.165 e. The fourth-order valence-corrected chi connectivity index (χ4v) is 3.56. The molecule has 2 aromatic heterocycles. The molecule has 26 heavy (non-hydrogen) atoms. The van der Waals surface area contributed by atoms with Gasteiger partial charge in [0.05, 0.1) is 31.7 Å². The minimum atomic E-state index is -0.922. The number of aromatic nitrogens is 4. The van der Waals surface area contributed by atoms with E-state index in [1.807, 2.05) is 30.3 Å². The number of aliphatic hydroxyl groups is 2.